The molecule has 5 aromatic rings. The molecule has 246 valence electrons. The van der Waals surface area contributed by atoms with E-state index in [1.807, 2.05) is 73.7 Å². The molecule has 6 nitrogen and oxygen atoms in total. The third-order valence-corrected chi connectivity index (χ3v) is 8.85. The SMILES string of the molecule is CCCCOC(=O)c1ccccc1C1c2ccc(N(CC)CC)cc2Oc2cc(OCC)c(N(c3ccccc3)c3ccccc3)cc21. The highest BCUT2D eigenvalue weighted by Crippen LogP contribution is 2.53. The van der Waals surface area contributed by atoms with Gasteiger partial charge in [0.05, 0.1) is 24.5 Å². The lowest BCUT2D eigenvalue weighted by atomic mass is 9.80. The molecule has 6 rings (SSSR count). The third kappa shape index (κ3) is 6.61. The zero-order valence-corrected chi connectivity index (χ0v) is 28.3. The summed E-state index contributed by atoms with van der Waals surface area (Å²) >= 11 is 0. The molecule has 48 heavy (non-hydrogen) atoms. The smallest absolute Gasteiger partial charge is 0.338 e. The molecule has 0 saturated carbocycles. The van der Waals surface area contributed by atoms with Crippen molar-refractivity contribution in [3.05, 3.63) is 138 Å². The predicted octanol–water partition coefficient (Wildman–Crippen LogP) is 10.6. The van der Waals surface area contributed by atoms with Crippen molar-refractivity contribution in [2.45, 2.75) is 46.5 Å². The first-order valence-electron chi connectivity index (χ1n) is 17.1. The Kier molecular flexibility index (Phi) is 10.3. The van der Waals surface area contributed by atoms with Gasteiger partial charge in [-0.2, -0.15) is 0 Å². The molecule has 0 bridgehead atoms. The number of unbranched alkanes of at least 4 members (excludes halogenated alkanes) is 1. The van der Waals surface area contributed by atoms with Gasteiger partial charge in [-0.05, 0) is 75.2 Å². The molecular weight excluding hydrogens is 596 g/mol. The first-order valence-corrected chi connectivity index (χ1v) is 17.1. The highest BCUT2D eigenvalue weighted by molar-refractivity contribution is 5.92. The number of hydrogen-bond donors (Lipinski definition) is 0. The molecular formula is C42H44N2O4. The fourth-order valence-corrected chi connectivity index (χ4v) is 6.49. The molecule has 0 fully saturated rings. The van der Waals surface area contributed by atoms with Gasteiger partial charge >= 0.3 is 5.97 Å². The first-order chi connectivity index (χ1) is 23.6. The topological polar surface area (TPSA) is 51.2 Å². The Balaban J connectivity index is 1.59. The van der Waals surface area contributed by atoms with Crippen LogP contribution in [0.4, 0.5) is 22.7 Å². The monoisotopic (exact) mass is 640 g/mol. The molecule has 6 heteroatoms. The summed E-state index contributed by atoms with van der Waals surface area (Å²) in [7, 11) is 0. The molecule has 0 radical (unpaired) electrons. The molecule has 0 N–H and O–H groups in total. The van der Waals surface area contributed by atoms with Crippen LogP contribution < -0.4 is 19.3 Å². The van der Waals surface area contributed by atoms with E-state index < -0.39 is 0 Å². The van der Waals surface area contributed by atoms with Gasteiger partial charge in [0.1, 0.15) is 17.2 Å². The van der Waals surface area contributed by atoms with Crippen molar-refractivity contribution in [3.63, 3.8) is 0 Å². The molecule has 0 aromatic heterocycles. The molecule has 0 amide bonds. The third-order valence-electron chi connectivity index (χ3n) is 8.85. The number of esters is 1. The van der Waals surface area contributed by atoms with Crippen molar-refractivity contribution >= 4 is 28.7 Å². The Morgan fingerprint density at radius 3 is 1.98 bits per heavy atom. The summed E-state index contributed by atoms with van der Waals surface area (Å²) < 4.78 is 18.9. The second kappa shape index (κ2) is 15.1. The number of ether oxygens (including phenoxy) is 3. The fourth-order valence-electron chi connectivity index (χ4n) is 6.49. The van der Waals surface area contributed by atoms with E-state index in [1.54, 1.807) is 0 Å². The van der Waals surface area contributed by atoms with E-state index in [-0.39, 0.29) is 11.9 Å². The Hall–Kier alpha value is -5.23. The summed E-state index contributed by atoms with van der Waals surface area (Å²) in [6.07, 6.45) is 1.78. The van der Waals surface area contributed by atoms with Crippen LogP contribution >= 0.6 is 0 Å². The van der Waals surface area contributed by atoms with Gasteiger partial charge in [0.15, 0.2) is 0 Å². The molecule has 1 aliphatic heterocycles. The molecule has 0 saturated heterocycles. The number of para-hydroxylation sites is 2. The van der Waals surface area contributed by atoms with Gasteiger partial charge < -0.3 is 24.0 Å². The molecule has 5 aromatic carbocycles. The largest absolute Gasteiger partial charge is 0.492 e. The lowest BCUT2D eigenvalue weighted by Crippen LogP contribution is -2.22. The maximum absolute atomic E-state index is 13.6. The van der Waals surface area contributed by atoms with Gasteiger partial charge in [0.25, 0.3) is 0 Å². The normalized spacial score (nSPS) is 13.1. The van der Waals surface area contributed by atoms with Gasteiger partial charge in [0, 0.05) is 59.3 Å². The van der Waals surface area contributed by atoms with E-state index in [2.05, 4.69) is 79.1 Å². The number of hydrogen-bond acceptors (Lipinski definition) is 6. The Labute approximate surface area is 284 Å². The van der Waals surface area contributed by atoms with Crippen LogP contribution in [0, 0.1) is 0 Å². The van der Waals surface area contributed by atoms with Gasteiger partial charge in [0.2, 0.25) is 0 Å². The molecule has 1 unspecified atom stereocenters. The van der Waals surface area contributed by atoms with E-state index in [4.69, 9.17) is 14.2 Å². The minimum Gasteiger partial charge on any atom is -0.492 e. The Morgan fingerprint density at radius 1 is 0.688 bits per heavy atom. The quantitative estimate of drug-likeness (QED) is 0.0925. The number of carbonyl (C=O) groups excluding carboxylic acids is 1. The van der Waals surface area contributed by atoms with Crippen molar-refractivity contribution < 1.29 is 19.0 Å². The van der Waals surface area contributed by atoms with Crippen LogP contribution in [0.3, 0.4) is 0 Å². The highest BCUT2D eigenvalue weighted by Gasteiger charge is 2.34. The number of carbonyl (C=O) groups is 1. The zero-order chi connectivity index (χ0) is 33.5. The summed E-state index contributed by atoms with van der Waals surface area (Å²) in [5.74, 6) is 1.57. The Bertz CT molecular complexity index is 1800. The predicted molar refractivity (Wildman–Crippen MR) is 195 cm³/mol. The summed E-state index contributed by atoms with van der Waals surface area (Å²) in [5, 5.41) is 0. The van der Waals surface area contributed by atoms with Gasteiger partial charge in [-0.1, -0.05) is 74.0 Å². The Morgan fingerprint density at radius 2 is 1.33 bits per heavy atom. The van der Waals surface area contributed by atoms with Crippen molar-refractivity contribution in [2.24, 2.45) is 0 Å². The number of benzene rings is 5. The van der Waals surface area contributed by atoms with E-state index >= 15 is 0 Å². The van der Waals surface area contributed by atoms with Gasteiger partial charge in [-0.25, -0.2) is 4.79 Å². The number of rotatable bonds is 13. The first kappa shape index (κ1) is 32.7. The van der Waals surface area contributed by atoms with Crippen LogP contribution in [-0.4, -0.2) is 32.3 Å². The number of fused-ring (bicyclic) bond motifs is 2. The van der Waals surface area contributed by atoms with Crippen LogP contribution in [0.1, 0.15) is 73.5 Å². The van der Waals surface area contributed by atoms with Crippen LogP contribution in [0.2, 0.25) is 0 Å². The van der Waals surface area contributed by atoms with Crippen molar-refractivity contribution in [3.8, 4) is 17.2 Å². The van der Waals surface area contributed by atoms with Gasteiger partial charge in [-0.15, -0.1) is 0 Å². The molecule has 0 spiro atoms. The van der Waals surface area contributed by atoms with E-state index in [0.29, 0.717) is 30.3 Å². The van der Waals surface area contributed by atoms with Crippen LogP contribution in [0.5, 0.6) is 17.2 Å². The minimum atomic E-state index is -0.310. The second-order valence-electron chi connectivity index (χ2n) is 11.8. The molecule has 1 aliphatic rings. The van der Waals surface area contributed by atoms with Crippen LogP contribution in [0.15, 0.2) is 115 Å². The van der Waals surface area contributed by atoms with Gasteiger partial charge in [-0.3, -0.25) is 0 Å². The average Bonchev–Trinajstić information content (AvgIpc) is 3.12. The summed E-state index contributed by atoms with van der Waals surface area (Å²) in [6.45, 7) is 11.0. The summed E-state index contributed by atoms with van der Waals surface area (Å²) in [4.78, 5) is 18.1. The van der Waals surface area contributed by atoms with Crippen molar-refractivity contribution in [1.82, 2.24) is 0 Å². The fraction of sp³-hybridized carbons (Fsp3) is 0.262. The van der Waals surface area contributed by atoms with Crippen molar-refractivity contribution in [1.29, 1.82) is 0 Å². The van der Waals surface area contributed by atoms with E-state index in [1.165, 1.54) is 0 Å². The lowest BCUT2D eigenvalue weighted by Gasteiger charge is -2.34. The maximum atomic E-state index is 13.6. The number of nitrogens with zero attached hydrogens (tertiary/aromatic N) is 2. The van der Waals surface area contributed by atoms with E-state index in [0.717, 1.165) is 71.1 Å². The minimum absolute atomic E-state index is 0.299. The van der Waals surface area contributed by atoms with E-state index in [9.17, 15) is 4.79 Å². The molecule has 1 heterocycles. The standard InChI is InChI=1S/C42H44N2O4/c1-5-9-26-47-42(45)34-23-17-16-22-33(34)41-35-25-24-32(43(6-2)7-3)27-38(35)48-39-29-40(46-8-4)37(28-36(39)41)44(30-18-12-10-13-19-30)31-20-14-11-15-21-31/h10-25,27-29,41H,5-9,26H2,1-4H3. The van der Waals surface area contributed by atoms with Crippen molar-refractivity contribution in [2.75, 3.05) is 36.1 Å². The van der Waals surface area contributed by atoms with Crippen LogP contribution in [0.25, 0.3) is 0 Å². The second-order valence-corrected chi connectivity index (χ2v) is 11.8. The molecule has 1 atom stereocenters. The summed E-state index contributed by atoms with van der Waals surface area (Å²) in [6, 6.07) is 39.0. The lowest BCUT2D eigenvalue weighted by molar-refractivity contribution is 0.0498. The average molecular weight is 641 g/mol. The van der Waals surface area contributed by atoms with Crippen LogP contribution in [-0.2, 0) is 4.74 Å². The highest BCUT2D eigenvalue weighted by atomic mass is 16.5. The summed E-state index contributed by atoms with van der Waals surface area (Å²) in [5.41, 5.74) is 7.35. The maximum Gasteiger partial charge on any atom is 0.338 e. The zero-order valence-electron chi connectivity index (χ0n) is 28.3. The number of anilines is 4. The molecule has 0 aliphatic carbocycles.